The zero-order chi connectivity index (χ0) is 36.1. The van der Waals surface area contributed by atoms with Crippen LogP contribution in [0.4, 0.5) is 0 Å². The Bertz CT molecular complexity index is 1890. The summed E-state index contributed by atoms with van der Waals surface area (Å²) in [4.78, 5) is 14.3. The summed E-state index contributed by atoms with van der Waals surface area (Å²) >= 11 is 0. The number of rotatable bonds is 9. The van der Waals surface area contributed by atoms with Crippen molar-refractivity contribution in [3.63, 3.8) is 0 Å². The van der Waals surface area contributed by atoms with Gasteiger partial charge in [-0.1, -0.05) is 175 Å². The first-order valence-corrected chi connectivity index (χ1v) is 18.8. The number of hydrogen-bond acceptors (Lipinski definition) is 1. The predicted molar refractivity (Wildman–Crippen MR) is 222 cm³/mol. The molecule has 0 spiro atoms. The van der Waals surface area contributed by atoms with Crippen molar-refractivity contribution >= 4 is 29.5 Å². The molecule has 0 aliphatic heterocycles. The van der Waals surface area contributed by atoms with Gasteiger partial charge in [0.2, 0.25) is 0 Å². The summed E-state index contributed by atoms with van der Waals surface area (Å²) in [6.07, 6.45) is 16.6. The number of allylic oxidation sites excluding steroid dienone is 5. The lowest BCUT2D eigenvalue weighted by Gasteiger charge is -2.29. The molecule has 0 saturated heterocycles. The van der Waals surface area contributed by atoms with Crippen LogP contribution < -0.4 is 0 Å². The van der Waals surface area contributed by atoms with E-state index in [1.165, 1.54) is 66.4 Å². The van der Waals surface area contributed by atoms with E-state index in [0.29, 0.717) is 18.2 Å². The van der Waals surface area contributed by atoms with Crippen molar-refractivity contribution in [3.8, 4) is 0 Å². The number of hydrogen-bond donors (Lipinski definition) is 0. The van der Waals surface area contributed by atoms with Crippen LogP contribution in [0.2, 0.25) is 0 Å². The van der Waals surface area contributed by atoms with Crippen molar-refractivity contribution in [2.24, 2.45) is 15.0 Å². The second-order valence-corrected chi connectivity index (χ2v) is 14.4. The number of benzene rings is 4. The van der Waals surface area contributed by atoms with Crippen LogP contribution in [0.1, 0.15) is 124 Å². The van der Waals surface area contributed by atoms with E-state index < -0.39 is 0 Å². The zero-order valence-electron chi connectivity index (χ0n) is 31.2. The maximum atomic E-state index is 5.01. The van der Waals surface area contributed by atoms with Crippen molar-refractivity contribution < 1.29 is 0 Å². The molecule has 0 aromatic heterocycles. The highest BCUT2D eigenvalue weighted by molar-refractivity contribution is 6.12. The molecule has 0 heterocycles. The highest BCUT2D eigenvalue weighted by Crippen LogP contribution is 2.38. The van der Waals surface area contributed by atoms with Crippen molar-refractivity contribution in [1.29, 1.82) is 0 Å². The topological polar surface area (TPSA) is 37.1 Å². The summed E-state index contributed by atoms with van der Waals surface area (Å²) in [5.41, 5.74) is 10.9. The molecule has 0 radical (unpaired) electrons. The average Bonchev–Trinajstić information content (AvgIpc) is 3.18. The molecule has 3 heteroatoms. The van der Waals surface area contributed by atoms with Crippen molar-refractivity contribution in [2.45, 2.75) is 96.9 Å². The maximum Gasteiger partial charge on any atom is 0.161 e. The molecule has 5 rings (SSSR count). The smallest absolute Gasteiger partial charge is 0.161 e. The fraction of sp³-hybridized carbons (Fsp3) is 0.312. The first-order chi connectivity index (χ1) is 24.8. The Morgan fingerprint density at radius 1 is 0.784 bits per heavy atom. The number of nitrogens with zero attached hydrogens (tertiary/aromatic N) is 3. The Balaban J connectivity index is 1.46. The van der Waals surface area contributed by atoms with Crippen LogP contribution >= 0.6 is 0 Å². The van der Waals surface area contributed by atoms with E-state index in [1.807, 2.05) is 48.5 Å². The van der Waals surface area contributed by atoms with Gasteiger partial charge in [-0.2, -0.15) is 0 Å². The quantitative estimate of drug-likeness (QED) is 0.0963. The maximum absolute atomic E-state index is 5.01. The summed E-state index contributed by atoms with van der Waals surface area (Å²) in [6.45, 7) is 18.3. The van der Waals surface area contributed by atoms with Crippen molar-refractivity contribution in [1.82, 2.24) is 0 Å². The lowest BCUT2D eigenvalue weighted by Crippen LogP contribution is -2.19. The van der Waals surface area contributed by atoms with Crippen molar-refractivity contribution in [2.75, 3.05) is 0 Å². The summed E-state index contributed by atoms with van der Waals surface area (Å²) in [5, 5.41) is 0. The van der Waals surface area contributed by atoms with Gasteiger partial charge >= 0.3 is 0 Å². The highest BCUT2D eigenvalue weighted by Gasteiger charge is 2.25. The first kappa shape index (κ1) is 37.4. The van der Waals surface area contributed by atoms with Crippen LogP contribution in [-0.4, -0.2) is 18.4 Å². The molecule has 262 valence electrons. The normalized spacial score (nSPS) is 16.7. The second kappa shape index (κ2) is 18.4. The molecule has 4 aromatic carbocycles. The number of aliphatic imine (C=N–C) groups is 3. The molecule has 51 heavy (non-hydrogen) atoms. The monoisotopic (exact) mass is 673 g/mol. The van der Waals surface area contributed by atoms with E-state index >= 15 is 0 Å². The minimum atomic E-state index is 0.138. The van der Waals surface area contributed by atoms with E-state index in [1.54, 1.807) is 0 Å². The minimum absolute atomic E-state index is 0.138. The number of fused-ring (bicyclic) bond motifs is 1. The predicted octanol–water partition coefficient (Wildman–Crippen LogP) is 13.0. The van der Waals surface area contributed by atoms with E-state index in [-0.39, 0.29) is 11.3 Å². The van der Waals surface area contributed by atoms with Gasteiger partial charge < -0.3 is 0 Å². The molecule has 0 fully saturated rings. The van der Waals surface area contributed by atoms with Crippen LogP contribution in [-0.2, 0) is 12.0 Å². The van der Waals surface area contributed by atoms with E-state index in [0.717, 1.165) is 35.1 Å². The van der Waals surface area contributed by atoms with Crippen LogP contribution in [0.25, 0.3) is 11.1 Å². The molecule has 3 nitrogen and oxygen atoms in total. The Morgan fingerprint density at radius 2 is 1.47 bits per heavy atom. The Morgan fingerprint density at radius 3 is 2.22 bits per heavy atom. The summed E-state index contributed by atoms with van der Waals surface area (Å²) in [6, 6.07) is 36.0. The molecule has 1 aliphatic carbocycles. The van der Waals surface area contributed by atoms with Crippen LogP contribution in [0.3, 0.4) is 0 Å². The van der Waals surface area contributed by atoms with Crippen LogP contribution in [0, 0.1) is 0 Å². The summed E-state index contributed by atoms with van der Waals surface area (Å²) in [7, 11) is 0. The van der Waals surface area contributed by atoms with E-state index in [9.17, 15) is 0 Å². The summed E-state index contributed by atoms with van der Waals surface area (Å²) < 4.78 is 0. The molecule has 0 amide bonds. The second-order valence-electron chi connectivity index (χ2n) is 14.4. The van der Waals surface area contributed by atoms with Gasteiger partial charge in [0.25, 0.3) is 0 Å². The Hall–Kier alpha value is -4.89. The van der Waals surface area contributed by atoms with Gasteiger partial charge in [-0.05, 0) is 88.8 Å². The summed E-state index contributed by atoms with van der Waals surface area (Å²) in [5.74, 6) is 1.42. The molecule has 1 aliphatic rings. The van der Waals surface area contributed by atoms with E-state index in [2.05, 4.69) is 119 Å². The molecular formula is C48H55N3. The molecular weight excluding hydrogens is 619 g/mol. The minimum Gasteiger partial charge on any atom is -0.261 e. The zero-order valence-corrected chi connectivity index (χ0v) is 31.2. The van der Waals surface area contributed by atoms with Gasteiger partial charge in [0, 0.05) is 11.1 Å². The fourth-order valence-corrected chi connectivity index (χ4v) is 6.95. The Kier molecular flexibility index (Phi) is 13.5. The first-order valence-electron chi connectivity index (χ1n) is 18.8. The largest absolute Gasteiger partial charge is 0.261 e. The van der Waals surface area contributed by atoms with Crippen molar-refractivity contribution in [3.05, 3.63) is 167 Å². The standard InChI is InChI=1S/C48H55N3/c1-7-20-39(29-28-36(2)41-30-31-45-44(34-41)37(3)21-13-9-8-10-18-32-48(45,4)5)42-26-19-27-43(33-42)47(50-35-38-22-14-11-15-23-38)51-46(49-6)40-24-16-12-17-25-40/h11-12,14-17,19-20,22-31,33-34,36H,3,6-10,13,18,21,32,35H2,1-2,4-5H3/b29-28-,39-20+,50-47?,51-46?. The Labute approximate surface area is 307 Å². The third-order valence-electron chi connectivity index (χ3n) is 10.1. The van der Waals surface area contributed by atoms with Gasteiger partial charge in [-0.3, -0.25) is 4.99 Å². The molecule has 1 unspecified atom stereocenters. The lowest BCUT2D eigenvalue weighted by molar-refractivity contribution is 0.444. The van der Waals surface area contributed by atoms with Crippen LogP contribution in [0.5, 0.6) is 0 Å². The van der Waals surface area contributed by atoms with Gasteiger partial charge in [-0.25, -0.2) is 9.98 Å². The van der Waals surface area contributed by atoms with Crippen LogP contribution in [0.15, 0.2) is 143 Å². The van der Waals surface area contributed by atoms with Gasteiger partial charge in [0.1, 0.15) is 0 Å². The van der Waals surface area contributed by atoms with E-state index in [4.69, 9.17) is 9.98 Å². The molecule has 4 aromatic rings. The van der Waals surface area contributed by atoms with Gasteiger partial charge in [0.15, 0.2) is 11.7 Å². The molecule has 0 bridgehead atoms. The molecule has 1 atom stereocenters. The van der Waals surface area contributed by atoms with Gasteiger partial charge in [0.05, 0.1) is 6.54 Å². The SMILES string of the molecule is C=NC(=NC(=NCc1ccccc1)c1cccc(C(/C=C\C(C)c2ccc3c(c2)C(=C)CCCCCCCC3(C)C)=C/CC)c1)c1ccccc1. The highest BCUT2D eigenvalue weighted by atomic mass is 15.0. The molecule has 0 saturated carbocycles. The third-order valence-corrected chi connectivity index (χ3v) is 10.1. The average molecular weight is 674 g/mol. The number of amidine groups is 2. The lowest BCUT2D eigenvalue weighted by atomic mass is 9.75. The van der Waals surface area contributed by atoms with Gasteiger partial charge in [-0.15, -0.1) is 0 Å². The third kappa shape index (κ3) is 10.3. The molecule has 0 N–H and O–H groups in total. The fourth-order valence-electron chi connectivity index (χ4n) is 6.95.